The van der Waals surface area contributed by atoms with Gasteiger partial charge in [-0.05, 0) is 28.7 Å². The van der Waals surface area contributed by atoms with E-state index in [9.17, 15) is 0 Å². The van der Waals surface area contributed by atoms with Crippen LogP contribution in [0.3, 0.4) is 0 Å². The molecule has 0 aromatic heterocycles. The lowest BCUT2D eigenvalue weighted by atomic mass is 9.81. The molecule has 0 spiro atoms. The van der Waals surface area contributed by atoms with E-state index in [1.54, 1.807) is 7.11 Å². The minimum atomic E-state index is -0.244. The van der Waals surface area contributed by atoms with Gasteiger partial charge < -0.3 is 9.47 Å². The number of nitrogens with two attached hydrogens (primary N) is 1. The van der Waals surface area contributed by atoms with Crippen LogP contribution in [0.1, 0.15) is 31.9 Å². The van der Waals surface area contributed by atoms with Crippen molar-refractivity contribution in [2.24, 2.45) is 5.84 Å². The van der Waals surface area contributed by atoms with Gasteiger partial charge in [-0.1, -0.05) is 26.8 Å². The smallest absolute Gasteiger partial charge is 0.122 e. The van der Waals surface area contributed by atoms with Crippen LogP contribution in [0, 0.1) is 0 Å². The van der Waals surface area contributed by atoms with Crippen molar-refractivity contribution in [1.29, 1.82) is 0 Å². The van der Waals surface area contributed by atoms with Gasteiger partial charge in [0, 0.05) is 0 Å². The normalized spacial score (nSPS) is 18.3. The van der Waals surface area contributed by atoms with E-state index >= 15 is 0 Å². The molecule has 0 amide bonds. The third-order valence-corrected chi connectivity index (χ3v) is 3.53. The Hall–Kier alpha value is -1.10. The lowest BCUT2D eigenvalue weighted by Gasteiger charge is -2.41. The van der Waals surface area contributed by atoms with Gasteiger partial charge in [0.05, 0.1) is 20.3 Å². The predicted octanol–water partition coefficient (Wildman–Crippen LogP) is 1.68. The van der Waals surface area contributed by atoms with E-state index in [2.05, 4.69) is 38.3 Å². The minimum Gasteiger partial charge on any atom is -0.496 e. The second-order valence-corrected chi connectivity index (χ2v) is 5.88. The first-order valence-corrected chi connectivity index (χ1v) is 6.17. The number of rotatable bonds is 3. The van der Waals surface area contributed by atoms with Gasteiger partial charge >= 0.3 is 0 Å². The van der Waals surface area contributed by atoms with Crippen molar-refractivity contribution in [2.45, 2.75) is 31.7 Å². The molecule has 1 aromatic rings. The quantitative estimate of drug-likeness (QED) is 0.633. The summed E-state index contributed by atoms with van der Waals surface area (Å²) in [6.45, 7) is 7.75. The van der Waals surface area contributed by atoms with Gasteiger partial charge in [-0.2, -0.15) is 0 Å². The van der Waals surface area contributed by atoms with Crippen LogP contribution in [0.4, 0.5) is 0 Å². The highest BCUT2D eigenvalue weighted by molar-refractivity contribution is 5.44. The number of hydrazine groups is 1. The van der Waals surface area contributed by atoms with E-state index in [1.807, 2.05) is 6.07 Å². The largest absolute Gasteiger partial charge is 0.496 e. The standard InChI is InChI=1S/C14H22N2O2/c1-13(2,3)11-7-10(5-6-12(11)17-4)14(16-15)8-18-9-14/h5-7,16H,8-9,15H2,1-4H3. The molecule has 0 unspecified atom stereocenters. The van der Waals surface area contributed by atoms with Gasteiger partial charge in [-0.25, -0.2) is 5.43 Å². The molecule has 0 saturated carbocycles. The highest BCUT2D eigenvalue weighted by Crippen LogP contribution is 2.36. The van der Waals surface area contributed by atoms with Crippen molar-refractivity contribution in [2.75, 3.05) is 20.3 Å². The first kappa shape index (κ1) is 13.3. The highest BCUT2D eigenvalue weighted by Gasteiger charge is 2.40. The molecule has 4 nitrogen and oxygen atoms in total. The Labute approximate surface area is 108 Å². The molecule has 0 atom stereocenters. The molecule has 0 aliphatic carbocycles. The van der Waals surface area contributed by atoms with E-state index in [1.165, 1.54) is 5.56 Å². The zero-order chi connectivity index (χ0) is 13.4. The SMILES string of the molecule is COc1ccc(C2(NN)COC2)cc1C(C)(C)C. The number of nitrogens with one attached hydrogen (secondary N) is 1. The van der Waals surface area contributed by atoms with Crippen molar-refractivity contribution in [1.82, 2.24) is 5.43 Å². The molecule has 1 heterocycles. The molecule has 1 aliphatic heterocycles. The number of benzene rings is 1. The monoisotopic (exact) mass is 250 g/mol. The summed E-state index contributed by atoms with van der Waals surface area (Å²) in [7, 11) is 1.70. The summed E-state index contributed by atoms with van der Waals surface area (Å²) in [6.07, 6.45) is 0. The number of ether oxygens (including phenoxy) is 2. The van der Waals surface area contributed by atoms with Gasteiger partial charge in [0.2, 0.25) is 0 Å². The van der Waals surface area contributed by atoms with E-state index in [-0.39, 0.29) is 11.0 Å². The van der Waals surface area contributed by atoms with Crippen LogP contribution in [-0.4, -0.2) is 20.3 Å². The molecular weight excluding hydrogens is 228 g/mol. The number of hydrogen-bond donors (Lipinski definition) is 2. The summed E-state index contributed by atoms with van der Waals surface area (Å²) in [4.78, 5) is 0. The van der Waals surface area contributed by atoms with Crippen LogP contribution < -0.4 is 16.0 Å². The first-order chi connectivity index (χ1) is 8.43. The summed E-state index contributed by atoms with van der Waals surface area (Å²) >= 11 is 0. The Morgan fingerprint density at radius 3 is 2.39 bits per heavy atom. The van der Waals surface area contributed by atoms with Gasteiger partial charge in [0.1, 0.15) is 11.3 Å². The summed E-state index contributed by atoms with van der Waals surface area (Å²) in [6, 6.07) is 6.23. The van der Waals surface area contributed by atoms with E-state index in [0.717, 1.165) is 11.3 Å². The average molecular weight is 250 g/mol. The second kappa shape index (κ2) is 4.53. The fourth-order valence-corrected chi connectivity index (χ4v) is 2.23. The van der Waals surface area contributed by atoms with Crippen LogP contribution in [0.2, 0.25) is 0 Å². The van der Waals surface area contributed by atoms with Crippen LogP contribution in [0.25, 0.3) is 0 Å². The van der Waals surface area contributed by atoms with E-state index in [0.29, 0.717) is 13.2 Å². The van der Waals surface area contributed by atoms with Crippen LogP contribution in [0.15, 0.2) is 18.2 Å². The third kappa shape index (κ3) is 2.11. The van der Waals surface area contributed by atoms with Crippen LogP contribution >= 0.6 is 0 Å². The third-order valence-electron chi connectivity index (χ3n) is 3.53. The topological polar surface area (TPSA) is 56.5 Å². The zero-order valence-corrected chi connectivity index (χ0v) is 11.5. The fraction of sp³-hybridized carbons (Fsp3) is 0.571. The van der Waals surface area contributed by atoms with Gasteiger partial charge in [-0.3, -0.25) is 5.84 Å². The minimum absolute atomic E-state index is 0.0295. The Kier molecular flexibility index (Phi) is 3.36. The van der Waals surface area contributed by atoms with E-state index < -0.39 is 0 Å². The molecule has 2 rings (SSSR count). The van der Waals surface area contributed by atoms with Crippen LogP contribution in [-0.2, 0) is 15.7 Å². The number of hydrogen-bond acceptors (Lipinski definition) is 4. The van der Waals surface area contributed by atoms with Gasteiger partial charge in [0.15, 0.2) is 0 Å². The zero-order valence-electron chi connectivity index (χ0n) is 11.5. The average Bonchev–Trinajstić information content (AvgIpc) is 2.27. The lowest BCUT2D eigenvalue weighted by molar-refractivity contribution is -0.0787. The molecule has 0 bridgehead atoms. The summed E-state index contributed by atoms with van der Waals surface area (Å²) in [5, 5.41) is 0. The molecule has 1 aliphatic rings. The first-order valence-electron chi connectivity index (χ1n) is 6.17. The van der Waals surface area contributed by atoms with Crippen LogP contribution in [0.5, 0.6) is 5.75 Å². The molecule has 100 valence electrons. The lowest BCUT2D eigenvalue weighted by Crippen LogP contribution is -2.60. The summed E-state index contributed by atoms with van der Waals surface area (Å²) in [5.41, 5.74) is 5.01. The molecule has 4 heteroatoms. The Balaban J connectivity index is 2.46. The Bertz CT molecular complexity index is 428. The van der Waals surface area contributed by atoms with Crippen molar-refractivity contribution in [3.8, 4) is 5.75 Å². The van der Waals surface area contributed by atoms with Crippen molar-refractivity contribution < 1.29 is 9.47 Å². The van der Waals surface area contributed by atoms with E-state index in [4.69, 9.17) is 15.3 Å². The van der Waals surface area contributed by atoms with Crippen molar-refractivity contribution >= 4 is 0 Å². The fourth-order valence-electron chi connectivity index (χ4n) is 2.23. The molecule has 18 heavy (non-hydrogen) atoms. The van der Waals surface area contributed by atoms with Crippen molar-refractivity contribution in [3.05, 3.63) is 29.3 Å². The molecule has 1 saturated heterocycles. The maximum absolute atomic E-state index is 5.67. The Morgan fingerprint density at radius 2 is 2.00 bits per heavy atom. The molecule has 1 fully saturated rings. The van der Waals surface area contributed by atoms with Crippen molar-refractivity contribution in [3.63, 3.8) is 0 Å². The predicted molar refractivity (Wildman–Crippen MR) is 71.5 cm³/mol. The highest BCUT2D eigenvalue weighted by atomic mass is 16.5. The van der Waals surface area contributed by atoms with Gasteiger partial charge in [-0.15, -0.1) is 0 Å². The number of methoxy groups -OCH3 is 1. The maximum atomic E-state index is 5.67. The molecule has 1 aromatic carbocycles. The molecule has 0 radical (unpaired) electrons. The molecule has 3 N–H and O–H groups in total. The Morgan fingerprint density at radius 1 is 1.33 bits per heavy atom. The molecular formula is C14H22N2O2. The summed E-state index contributed by atoms with van der Waals surface area (Å²) in [5.74, 6) is 6.58. The second-order valence-electron chi connectivity index (χ2n) is 5.88. The van der Waals surface area contributed by atoms with Gasteiger partial charge in [0.25, 0.3) is 0 Å². The summed E-state index contributed by atoms with van der Waals surface area (Å²) < 4.78 is 10.7. The maximum Gasteiger partial charge on any atom is 0.122 e.